The van der Waals surface area contributed by atoms with Gasteiger partial charge in [0, 0.05) is 6.54 Å². The lowest BCUT2D eigenvalue weighted by Crippen LogP contribution is -2.42. The van der Waals surface area contributed by atoms with Crippen LogP contribution in [0.3, 0.4) is 0 Å². The van der Waals surface area contributed by atoms with E-state index < -0.39 is 12.2 Å². The van der Waals surface area contributed by atoms with Gasteiger partial charge < -0.3 is 14.4 Å². The lowest BCUT2D eigenvalue weighted by molar-refractivity contribution is 0.0187. The normalized spacial score (nSPS) is 18.6. The zero-order valence-corrected chi connectivity index (χ0v) is 14.8. The summed E-state index contributed by atoms with van der Waals surface area (Å²) >= 11 is 3.04. The maximum absolute atomic E-state index is 12.7. The summed E-state index contributed by atoms with van der Waals surface area (Å²) in [6, 6.07) is -0.147. The monoisotopic (exact) mass is 395 g/mol. The van der Waals surface area contributed by atoms with E-state index in [1.165, 1.54) is 6.20 Å². The van der Waals surface area contributed by atoms with E-state index in [9.17, 15) is 13.6 Å². The molecule has 23 heavy (non-hydrogen) atoms. The van der Waals surface area contributed by atoms with Crippen molar-refractivity contribution in [2.45, 2.75) is 51.8 Å². The molecule has 0 saturated carbocycles. The molecule has 1 aromatic rings. The van der Waals surface area contributed by atoms with Crippen LogP contribution in [0.15, 0.2) is 10.8 Å². The molecule has 0 spiro atoms. The first-order chi connectivity index (χ1) is 10.7. The maximum atomic E-state index is 12.7. The van der Waals surface area contributed by atoms with E-state index in [0.29, 0.717) is 11.2 Å². The van der Waals surface area contributed by atoms with Gasteiger partial charge in [0.05, 0.1) is 12.2 Å². The number of hydrogen-bond acceptors (Lipinski definition) is 4. The van der Waals surface area contributed by atoms with Gasteiger partial charge in [-0.2, -0.15) is 18.6 Å². The van der Waals surface area contributed by atoms with Crippen molar-refractivity contribution in [1.29, 1.82) is 0 Å². The van der Waals surface area contributed by atoms with Gasteiger partial charge in [-0.05, 0) is 49.5 Å². The summed E-state index contributed by atoms with van der Waals surface area (Å²) in [4.78, 5) is 13.8. The molecule has 2 heterocycles. The maximum Gasteiger partial charge on any atom is 0.410 e. The van der Waals surface area contributed by atoms with Crippen LogP contribution < -0.4 is 4.74 Å². The third kappa shape index (κ3) is 4.55. The highest BCUT2D eigenvalue weighted by molar-refractivity contribution is 9.10. The quantitative estimate of drug-likeness (QED) is 0.777. The molecule has 2 rings (SSSR count). The Morgan fingerprint density at radius 3 is 2.78 bits per heavy atom. The number of ether oxygens (including phenoxy) is 2. The molecule has 1 aromatic heterocycles. The number of halogens is 3. The van der Waals surface area contributed by atoms with Gasteiger partial charge in [0.15, 0.2) is 10.4 Å². The molecule has 1 fully saturated rings. The van der Waals surface area contributed by atoms with Crippen molar-refractivity contribution in [2.24, 2.45) is 0 Å². The van der Waals surface area contributed by atoms with Gasteiger partial charge in [-0.3, -0.25) is 0 Å². The molecule has 0 radical (unpaired) electrons. The Morgan fingerprint density at radius 2 is 2.22 bits per heavy atom. The lowest BCUT2D eigenvalue weighted by atomic mass is 10.2. The second-order valence-electron chi connectivity index (χ2n) is 6.30. The van der Waals surface area contributed by atoms with Crippen LogP contribution in [0.1, 0.15) is 40.2 Å². The van der Waals surface area contributed by atoms with E-state index in [2.05, 4.69) is 21.0 Å². The van der Waals surface area contributed by atoms with Gasteiger partial charge in [0.25, 0.3) is 0 Å². The van der Waals surface area contributed by atoms with Gasteiger partial charge in [-0.25, -0.2) is 4.79 Å². The number of likely N-dealkylation sites (tertiary alicyclic amines) is 1. The predicted molar refractivity (Wildman–Crippen MR) is 82.6 cm³/mol. The minimum absolute atomic E-state index is 0.0781. The van der Waals surface area contributed by atoms with E-state index in [-0.39, 0.29) is 29.1 Å². The summed E-state index contributed by atoms with van der Waals surface area (Å²) in [5.74, 6) is 0.223. The zero-order chi connectivity index (χ0) is 17.2. The number of carbonyl (C=O) groups excluding carboxylic acids is 1. The number of hydrogen-bond donors (Lipinski definition) is 0. The molecule has 6 nitrogen and oxygen atoms in total. The molecule has 1 amide bonds. The van der Waals surface area contributed by atoms with Crippen LogP contribution in [-0.2, 0) is 4.74 Å². The van der Waals surface area contributed by atoms with Crippen LogP contribution in [0.5, 0.6) is 5.75 Å². The Kier molecular flexibility index (Phi) is 5.49. The zero-order valence-electron chi connectivity index (χ0n) is 13.3. The van der Waals surface area contributed by atoms with Crippen LogP contribution in [0.4, 0.5) is 13.6 Å². The van der Waals surface area contributed by atoms with E-state index in [4.69, 9.17) is 9.47 Å². The smallest absolute Gasteiger partial charge is 0.410 e. The van der Waals surface area contributed by atoms with Crippen LogP contribution in [0, 0.1) is 0 Å². The van der Waals surface area contributed by atoms with Gasteiger partial charge in [0.1, 0.15) is 12.2 Å². The molecule has 1 atom stereocenters. The van der Waals surface area contributed by atoms with Crippen LogP contribution in [-0.4, -0.2) is 45.6 Å². The minimum Gasteiger partial charge on any atom is -0.487 e. The molecule has 0 N–H and O–H groups in total. The minimum atomic E-state index is -2.74. The first-order valence-corrected chi connectivity index (χ1v) is 8.12. The Hall–Kier alpha value is -1.38. The number of carbonyl (C=O) groups is 1. The van der Waals surface area contributed by atoms with Gasteiger partial charge in [-0.1, -0.05) is 0 Å². The molecule has 130 valence electrons. The molecule has 1 aliphatic heterocycles. The van der Waals surface area contributed by atoms with Crippen molar-refractivity contribution < 1.29 is 23.0 Å². The molecule has 0 unspecified atom stereocenters. The Morgan fingerprint density at radius 1 is 1.52 bits per heavy atom. The second-order valence-corrected chi connectivity index (χ2v) is 7.05. The summed E-state index contributed by atoms with van der Waals surface area (Å²) in [5.41, 5.74) is -0.563. The number of alkyl halides is 2. The first kappa shape index (κ1) is 18.0. The van der Waals surface area contributed by atoms with Gasteiger partial charge in [0.2, 0.25) is 0 Å². The van der Waals surface area contributed by atoms with Crippen molar-refractivity contribution >= 4 is 22.0 Å². The fraction of sp³-hybridized carbons (Fsp3) is 0.714. The lowest BCUT2D eigenvalue weighted by Gasteiger charge is -2.28. The third-order valence-corrected chi connectivity index (χ3v) is 4.08. The van der Waals surface area contributed by atoms with Crippen molar-refractivity contribution in [3.8, 4) is 5.75 Å². The fourth-order valence-corrected chi connectivity index (χ4v) is 2.78. The summed E-state index contributed by atoms with van der Waals surface area (Å²) < 4.78 is 36.8. The summed E-state index contributed by atoms with van der Waals surface area (Å²) in [6.45, 7) is 3.48. The number of amides is 1. The first-order valence-electron chi connectivity index (χ1n) is 7.32. The van der Waals surface area contributed by atoms with Crippen LogP contribution in [0.2, 0.25) is 0 Å². The van der Waals surface area contributed by atoms with Crippen molar-refractivity contribution in [1.82, 2.24) is 14.7 Å². The van der Waals surface area contributed by atoms with Crippen LogP contribution in [0.25, 0.3) is 0 Å². The van der Waals surface area contributed by atoms with E-state index in [0.717, 1.165) is 12.8 Å². The average Bonchev–Trinajstić information content (AvgIpc) is 3.00. The van der Waals surface area contributed by atoms with E-state index >= 15 is 0 Å². The van der Waals surface area contributed by atoms with Gasteiger partial charge in [-0.15, -0.1) is 0 Å². The predicted octanol–water partition coefficient (Wildman–Crippen LogP) is 3.82. The molecule has 1 saturated heterocycles. The second kappa shape index (κ2) is 7.02. The van der Waals surface area contributed by atoms with Crippen LogP contribution >= 0.6 is 15.9 Å². The number of rotatable bonds is 4. The summed E-state index contributed by atoms with van der Waals surface area (Å²) in [6.07, 6.45) is 2.47. The topological polar surface area (TPSA) is 56.6 Å². The highest BCUT2D eigenvalue weighted by Crippen LogP contribution is 2.29. The molecule has 0 aromatic carbocycles. The SMILES string of the molecule is CC(C)(C)OC(=O)N1CCC[C@@H]1COc1cnn(C(F)F)c1Br. The molecule has 1 aliphatic rings. The van der Waals surface area contributed by atoms with E-state index in [1.807, 2.05) is 20.8 Å². The van der Waals surface area contributed by atoms with Crippen molar-refractivity contribution in [3.05, 3.63) is 10.8 Å². The molecular weight excluding hydrogens is 376 g/mol. The Bertz CT molecular complexity index is 560. The third-order valence-electron chi connectivity index (χ3n) is 3.33. The molecule has 9 heteroatoms. The Balaban J connectivity index is 1.96. The van der Waals surface area contributed by atoms with Crippen molar-refractivity contribution in [3.63, 3.8) is 0 Å². The van der Waals surface area contributed by atoms with Gasteiger partial charge >= 0.3 is 12.6 Å². The summed E-state index contributed by atoms with van der Waals surface area (Å²) in [7, 11) is 0. The fourth-order valence-electron chi connectivity index (χ4n) is 2.32. The highest BCUT2D eigenvalue weighted by atomic mass is 79.9. The summed E-state index contributed by atoms with van der Waals surface area (Å²) in [5, 5.41) is 3.55. The molecule has 0 bridgehead atoms. The molecular formula is C14H20BrF2N3O3. The molecule has 0 aliphatic carbocycles. The number of nitrogens with zero attached hydrogens (tertiary/aromatic N) is 3. The van der Waals surface area contributed by atoms with E-state index in [1.54, 1.807) is 4.90 Å². The largest absolute Gasteiger partial charge is 0.487 e. The average molecular weight is 396 g/mol. The Labute approximate surface area is 141 Å². The number of aromatic nitrogens is 2. The standard InChI is InChI=1S/C14H20BrF2N3O3/c1-14(2,3)23-13(21)19-6-4-5-9(19)8-22-10-7-18-20(11(10)15)12(16)17/h7,9,12H,4-6,8H2,1-3H3/t9-/m1/s1. The van der Waals surface area contributed by atoms with Crippen molar-refractivity contribution in [2.75, 3.05) is 13.2 Å². The highest BCUT2D eigenvalue weighted by Gasteiger charge is 2.33.